The molecule has 0 saturated carbocycles. The van der Waals surface area contributed by atoms with Gasteiger partial charge in [0.2, 0.25) is 5.56 Å². The molecule has 11 nitrogen and oxygen atoms in total. The number of amides is 2. The zero-order valence-electron chi connectivity index (χ0n) is 28.5. The van der Waals surface area contributed by atoms with Crippen LogP contribution >= 0.6 is 0 Å². The number of carbonyl (C=O) groups is 2. The summed E-state index contributed by atoms with van der Waals surface area (Å²) in [7, 11) is 0. The number of benzene rings is 4. The molecule has 1 aliphatic heterocycles. The molecule has 6 rings (SSSR count). The number of piperidine rings is 1. The number of carbonyl (C=O) groups excluding carboxylic acids is 1. The molecule has 7 N–H and O–H groups in total. The predicted octanol–water partition coefficient (Wildman–Crippen LogP) is 5.76. The van der Waals surface area contributed by atoms with E-state index in [0.717, 1.165) is 42.7 Å². The molecular formula is C40H45N5O6. The Morgan fingerprint density at radius 1 is 0.824 bits per heavy atom. The fourth-order valence-corrected chi connectivity index (χ4v) is 6.14. The first-order valence-electron chi connectivity index (χ1n) is 17.3. The maximum atomic E-state index is 12.4. The molecule has 4 aromatic carbocycles. The Labute approximate surface area is 297 Å². The molecular weight excluding hydrogens is 646 g/mol. The molecule has 5 aromatic rings. The Morgan fingerprint density at radius 3 is 2.29 bits per heavy atom. The van der Waals surface area contributed by atoms with E-state index in [0.29, 0.717) is 47.4 Å². The number of hydrogen-bond donors (Lipinski definition) is 7. The van der Waals surface area contributed by atoms with Crippen molar-refractivity contribution >= 4 is 28.6 Å². The van der Waals surface area contributed by atoms with E-state index in [1.54, 1.807) is 24.3 Å². The molecule has 0 unspecified atom stereocenters. The first-order valence-corrected chi connectivity index (χ1v) is 17.3. The number of hydrogen-bond acceptors (Lipinski definition) is 7. The Bertz CT molecular complexity index is 1940. The molecule has 1 saturated heterocycles. The van der Waals surface area contributed by atoms with Gasteiger partial charge < -0.3 is 35.8 Å². The van der Waals surface area contributed by atoms with E-state index in [1.807, 2.05) is 66.7 Å². The predicted molar refractivity (Wildman–Crippen MR) is 200 cm³/mol. The molecule has 11 heteroatoms. The summed E-state index contributed by atoms with van der Waals surface area (Å²) in [6.07, 6.45) is 2.72. The van der Waals surface area contributed by atoms with Gasteiger partial charge in [0.1, 0.15) is 5.75 Å². The first-order chi connectivity index (χ1) is 24.8. The van der Waals surface area contributed by atoms with Crippen molar-refractivity contribution in [2.75, 3.05) is 44.6 Å². The fourth-order valence-electron chi connectivity index (χ4n) is 6.14. The van der Waals surface area contributed by atoms with E-state index in [2.05, 4.69) is 25.8 Å². The van der Waals surface area contributed by atoms with Crippen LogP contribution in [0.25, 0.3) is 22.0 Å². The van der Waals surface area contributed by atoms with Gasteiger partial charge in [0.15, 0.2) is 0 Å². The van der Waals surface area contributed by atoms with Crippen LogP contribution in [0.1, 0.15) is 46.9 Å². The molecule has 2 amide bonds. The number of pyridine rings is 1. The highest BCUT2D eigenvalue weighted by atomic mass is 16.4. The van der Waals surface area contributed by atoms with Gasteiger partial charge in [-0.2, -0.15) is 0 Å². The highest BCUT2D eigenvalue weighted by Gasteiger charge is 2.14. The van der Waals surface area contributed by atoms with Crippen molar-refractivity contribution in [3.8, 4) is 16.9 Å². The number of aromatic amines is 1. The Hall–Kier alpha value is -5.49. The number of para-hydroxylation sites is 1. The number of nitrogens with one attached hydrogen (secondary N) is 4. The van der Waals surface area contributed by atoms with Gasteiger partial charge in [0, 0.05) is 42.2 Å². The van der Waals surface area contributed by atoms with Crippen molar-refractivity contribution in [3.63, 3.8) is 0 Å². The minimum Gasteiger partial charge on any atom is -0.506 e. The van der Waals surface area contributed by atoms with Crippen LogP contribution in [0.4, 0.5) is 10.5 Å². The fraction of sp³-hybridized carbons (Fsp3) is 0.275. The number of nitrogens with zero attached hydrogens (tertiary/aromatic N) is 1. The summed E-state index contributed by atoms with van der Waals surface area (Å²) in [6.45, 7) is 4.81. The topological polar surface area (TPSA) is 167 Å². The minimum atomic E-state index is -1.05. The number of likely N-dealkylation sites (tertiary alicyclic amines) is 1. The smallest absolute Gasteiger partial charge is 0.409 e. The van der Waals surface area contributed by atoms with E-state index < -0.39 is 12.2 Å². The number of phenols is 1. The van der Waals surface area contributed by atoms with Crippen LogP contribution in [0, 0.1) is 0 Å². The molecule has 2 heterocycles. The standard InChI is InChI=1S/C27H34N4O4.C13H11NO2/c32-23-10-8-21(22-9-11-25(34)30-26(22)23)24(33)18-28-13-12-19-4-6-20(7-5-19)27(35)29-14-17-31-15-2-1-3-16-31;15-13(16)14-12-9-5-4-8-11(12)10-6-2-1-3-7-10/h4-11,24,28,32-33H,1-3,12-18H2,(H,29,35)(H,30,34);1-9,14H,(H,15,16)/t24-;/m0./s1. The highest BCUT2D eigenvalue weighted by Crippen LogP contribution is 2.29. The van der Waals surface area contributed by atoms with Gasteiger partial charge in [-0.3, -0.25) is 14.9 Å². The number of carboxylic acid groups (broad SMARTS) is 1. The molecule has 51 heavy (non-hydrogen) atoms. The quantitative estimate of drug-likeness (QED) is 0.0812. The number of rotatable bonds is 12. The highest BCUT2D eigenvalue weighted by molar-refractivity contribution is 5.94. The van der Waals surface area contributed by atoms with Gasteiger partial charge in [-0.15, -0.1) is 0 Å². The van der Waals surface area contributed by atoms with Crippen LogP contribution in [0.2, 0.25) is 0 Å². The lowest BCUT2D eigenvalue weighted by molar-refractivity contribution is 0.0946. The Balaban J connectivity index is 0.000000262. The van der Waals surface area contributed by atoms with Crippen molar-refractivity contribution in [1.29, 1.82) is 0 Å². The number of anilines is 1. The number of phenolic OH excluding ortho intramolecular Hbond substituents is 1. The SMILES string of the molecule is O=C(NCCN1CCCCC1)c1ccc(CCNC[C@H](O)c2ccc(O)c3[nH]c(=O)ccc23)cc1.O=C(O)Nc1ccccc1-c1ccccc1. The second kappa shape index (κ2) is 18.5. The van der Waals surface area contributed by atoms with Crippen molar-refractivity contribution < 1.29 is 24.9 Å². The summed E-state index contributed by atoms with van der Waals surface area (Å²) in [5, 5.41) is 38.6. The van der Waals surface area contributed by atoms with Gasteiger partial charge in [0.25, 0.3) is 5.91 Å². The monoisotopic (exact) mass is 691 g/mol. The van der Waals surface area contributed by atoms with Crippen molar-refractivity contribution in [1.82, 2.24) is 20.5 Å². The average Bonchev–Trinajstić information content (AvgIpc) is 3.15. The summed E-state index contributed by atoms with van der Waals surface area (Å²) in [6, 6.07) is 30.7. The second-order valence-corrected chi connectivity index (χ2v) is 12.5. The van der Waals surface area contributed by atoms with Gasteiger partial charge in [0.05, 0.1) is 17.3 Å². The molecule has 1 aliphatic rings. The van der Waals surface area contributed by atoms with E-state index in [4.69, 9.17) is 5.11 Å². The van der Waals surface area contributed by atoms with Crippen LogP contribution in [-0.4, -0.2) is 76.5 Å². The minimum absolute atomic E-state index is 0.0271. The molecule has 1 fully saturated rings. The number of aliphatic hydroxyl groups excluding tert-OH is 1. The van der Waals surface area contributed by atoms with Crippen LogP contribution in [0.3, 0.4) is 0 Å². The van der Waals surface area contributed by atoms with Crippen LogP contribution in [0.15, 0.2) is 108 Å². The van der Waals surface area contributed by atoms with Crippen molar-refractivity contribution in [2.45, 2.75) is 31.8 Å². The van der Waals surface area contributed by atoms with Crippen LogP contribution in [0.5, 0.6) is 5.75 Å². The number of fused-ring (bicyclic) bond motifs is 1. The van der Waals surface area contributed by atoms with Gasteiger partial charge in [-0.05, 0) is 85.9 Å². The number of H-pyrrole nitrogens is 1. The average molecular weight is 692 g/mol. The second-order valence-electron chi connectivity index (χ2n) is 12.5. The summed E-state index contributed by atoms with van der Waals surface area (Å²) >= 11 is 0. The number of aromatic nitrogens is 1. The zero-order chi connectivity index (χ0) is 36.0. The van der Waals surface area contributed by atoms with E-state index in [-0.39, 0.29) is 17.2 Å². The van der Waals surface area contributed by atoms with E-state index in [1.165, 1.54) is 31.4 Å². The normalized spacial score (nSPS) is 13.5. The molecule has 0 spiro atoms. The van der Waals surface area contributed by atoms with E-state index >= 15 is 0 Å². The van der Waals surface area contributed by atoms with Crippen molar-refractivity contribution in [2.24, 2.45) is 0 Å². The summed E-state index contributed by atoms with van der Waals surface area (Å²) in [5.74, 6) is -0.0713. The lowest BCUT2D eigenvalue weighted by atomic mass is 10.0. The first kappa shape index (κ1) is 36.8. The molecule has 0 aliphatic carbocycles. The van der Waals surface area contributed by atoms with Crippen LogP contribution < -0.4 is 21.5 Å². The zero-order valence-corrected chi connectivity index (χ0v) is 28.5. The summed E-state index contributed by atoms with van der Waals surface area (Å²) in [5.41, 5.74) is 4.89. The van der Waals surface area contributed by atoms with E-state index in [9.17, 15) is 24.6 Å². The number of aliphatic hydroxyl groups is 1. The lowest BCUT2D eigenvalue weighted by Gasteiger charge is -2.26. The molecule has 0 bridgehead atoms. The molecule has 266 valence electrons. The Morgan fingerprint density at radius 2 is 1.55 bits per heavy atom. The largest absolute Gasteiger partial charge is 0.506 e. The molecule has 1 aromatic heterocycles. The number of aromatic hydroxyl groups is 1. The van der Waals surface area contributed by atoms with Crippen LogP contribution in [-0.2, 0) is 6.42 Å². The molecule has 1 atom stereocenters. The lowest BCUT2D eigenvalue weighted by Crippen LogP contribution is -2.37. The van der Waals surface area contributed by atoms with Gasteiger partial charge in [-0.1, -0.05) is 73.2 Å². The van der Waals surface area contributed by atoms with Gasteiger partial charge >= 0.3 is 6.09 Å². The molecule has 0 radical (unpaired) electrons. The maximum Gasteiger partial charge on any atom is 0.409 e. The third kappa shape index (κ3) is 10.7. The summed E-state index contributed by atoms with van der Waals surface area (Å²) < 4.78 is 0. The summed E-state index contributed by atoms with van der Waals surface area (Å²) in [4.78, 5) is 39.6. The Kier molecular flexibility index (Phi) is 13.3. The third-order valence-electron chi connectivity index (χ3n) is 8.83. The third-order valence-corrected chi connectivity index (χ3v) is 8.83. The maximum absolute atomic E-state index is 12.4. The van der Waals surface area contributed by atoms with Crippen molar-refractivity contribution in [3.05, 3.63) is 130 Å². The van der Waals surface area contributed by atoms with Gasteiger partial charge in [-0.25, -0.2) is 4.79 Å².